The summed E-state index contributed by atoms with van der Waals surface area (Å²) in [4.78, 5) is 27.2. The molecule has 2 aromatic heterocycles. The van der Waals surface area contributed by atoms with Crippen molar-refractivity contribution >= 4 is 22.5 Å². The van der Waals surface area contributed by atoms with Crippen molar-refractivity contribution in [3.63, 3.8) is 0 Å². The first-order chi connectivity index (χ1) is 14.9. The maximum Gasteiger partial charge on any atom is 0.274 e. The summed E-state index contributed by atoms with van der Waals surface area (Å²) < 4.78 is 34.7. The van der Waals surface area contributed by atoms with Gasteiger partial charge >= 0.3 is 0 Å². The van der Waals surface area contributed by atoms with Gasteiger partial charge in [-0.3, -0.25) is 9.59 Å². The Kier molecular flexibility index (Phi) is 5.29. The van der Waals surface area contributed by atoms with Crippen molar-refractivity contribution in [2.75, 3.05) is 5.32 Å². The molecule has 0 saturated carbocycles. The third-order valence-electron chi connectivity index (χ3n) is 4.88. The van der Waals surface area contributed by atoms with Crippen LogP contribution < -0.4 is 15.6 Å². The molecule has 0 bridgehead atoms. The molecule has 4 rings (SSSR count). The average Bonchev–Trinajstić information content (AvgIpc) is 3.24. The van der Waals surface area contributed by atoms with Gasteiger partial charge in [-0.2, -0.15) is 0 Å². The molecule has 2 aromatic carbocycles. The zero-order valence-electron chi connectivity index (χ0n) is 16.8. The van der Waals surface area contributed by atoms with Crippen LogP contribution in [-0.4, -0.2) is 15.5 Å². The smallest absolute Gasteiger partial charge is 0.274 e. The number of nitrogens with one attached hydrogen (secondary N) is 2. The SMILES string of the molecule is CCC(=O)Nc1ccc(Oc2ccc(F)cc2F)c(-c2cn(C)c(=O)c3[nH]ccc23)c1.[HH].[HH]. The molecule has 1 amide bonds. The predicted octanol–water partition coefficient (Wildman–Crippen LogP) is 5.44. The molecule has 6 nitrogen and oxygen atoms in total. The summed E-state index contributed by atoms with van der Waals surface area (Å²) in [6.07, 6.45) is 3.60. The van der Waals surface area contributed by atoms with Crippen LogP contribution in [0.4, 0.5) is 14.5 Å². The van der Waals surface area contributed by atoms with Gasteiger partial charge in [0.05, 0.1) is 0 Å². The third kappa shape index (κ3) is 3.92. The zero-order chi connectivity index (χ0) is 22.1. The van der Waals surface area contributed by atoms with E-state index in [0.29, 0.717) is 34.1 Å². The molecule has 0 aliphatic rings. The highest BCUT2D eigenvalue weighted by Crippen LogP contribution is 2.38. The second kappa shape index (κ2) is 8.06. The summed E-state index contributed by atoms with van der Waals surface area (Å²) in [5, 5.41) is 3.43. The van der Waals surface area contributed by atoms with E-state index in [9.17, 15) is 18.4 Å². The monoisotopic (exact) mass is 427 g/mol. The van der Waals surface area contributed by atoms with Gasteiger partial charge in [-0.1, -0.05) is 6.92 Å². The molecule has 162 valence electrons. The quantitative estimate of drug-likeness (QED) is 0.445. The Morgan fingerprint density at radius 3 is 2.65 bits per heavy atom. The van der Waals surface area contributed by atoms with Gasteiger partial charge in [0.25, 0.3) is 5.56 Å². The molecule has 0 saturated heterocycles. The molecular formula is C23H23F2N3O3. The lowest BCUT2D eigenvalue weighted by Crippen LogP contribution is -2.16. The van der Waals surface area contributed by atoms with Gasteiger partial charge in [0.2, 0.25) is 5.91 Å². The van der Waals surface area contributed by atoms with E-state index in [2.05, 4.69) is 10.3 Å². The molecule has 0 atom stereocenters. The second-order valence-electron chi connectivity index (χ2n) is 7.01. The van der Waals surface area contributed by atoms with Gasteiger partial charge in [-0.15, -0.1) is 0 Å². The number of rotatable bonds is 5. The maximum absolute atomic E-state index is 14.2. The average molecular weight is 427 g/mol. The number of anilines is 1. The fourth-order valence-corrected chi connectivity index (χ4v) is 3.32. The Hall–Kier alpha value is -3.94. The summed E-state index contributed by atoms with van der Waals surface area (Å²) in [5.41, 5.74) is 1.89. The van der Waals surface area contributed by atoms with Crippen LogP contribution in [-0.2, 0) is 11.8 Å². The van der Waals surface area contributed by atoms with Gasteiger partial charge in [-0.25, -0.2) is 8.78 Å². The Morgan fingerprint density at radius 2 is 1.90 bits per heavy atom. The van der Waals surface area contributed by atoms with Crippen LogP contribution in [0.25, 0.3) is 22.0 Å². The van der Waals surface area contributed by atoms with Gasteiger partial charge < -0.3 is 19.6 Å². The Labute approximate surface area is 179 Å². The first-order valence-corrected chi connectivity index (χ1v) is 9.61. The Morgan fingerprint density at radius 1 is 1.13 bits per heavy atom. The van der Waals surface area contributed by atoms with Gasteiger partial charge in [0.15, 0.2) is 11.6 Å². The zero-order valence-corrected chi connectivity index (χ0v) is 16.8. The van der Waals surface area contributed by atoms with Gasteiger partial charge in [-0.05, 0) is 36.4 Å². The van der Waals surface area contributed by atoms with Crippen LogP contribution in [0.15, 0.2) is 59.7 Å². The molecule has 31 heavy (non-hydrogen) atoms. The van der Waals surface area contributed by atoms with Gasteiger partial charge in [0, 0.05) is 57.0 Å². The number of aromatic amines is 1. The first-order valence-electron chi connectivity index (χ1n) is 9.61. The second-order valence-corrected chi connectivity index (χ2v) is 7.01. The third-order valence-corrected chi connectivity index (χ3v) is 4.88. The Bertz CT molecular complexity index is 1370. The van der Waals surface area contributed by atoms with E-state index in [0.717, 1.165) is 12.1 Å². The number of aryl methyl sites for hydroxylation is 1. The number of aromatic nitrogens is 2. The number of hydrogen-bond donors (Lipinski definition) is 2. The molecule has 0 unspecified atom stereocenters. The van der Waals surface area contributed by atoms with E-state index in [1.54, 1.807) is 50.6 Å². The fraction of sp³-hybridized carbons (Fsp3) is 0.130. The number of carbonyl (C=O) groups excluding carboxylic acids is 1. The number of amides is 1. The van der Waals surface area contributed by atoms with E-state index in [1.165, 1.54) is 10.6 Å². The summed E-state index contributed by atoms with van der Waals surface area (Å²) in [6, 6.07) is 9.71. The number of benzene rings is 2. The van der Waals surface area contributed by atoms with Crippen LogP contribution >= 0.6 is 0 Å². The summed E-state index contributed by atoms with van der Waals surface area (Å²) in [7, 11) is 1.62. The van der Waals surface area contributed by atoms with E-state index in [1.807, 2.05) is 0 Å². The van der Waals surface area contributed by atoms with Crippen molar-refractivity contribution in [1.29, 1.82) is 0 Å². The number of fused-ring (bicyclic) bond motifs is 1. The largest absolute Gasteiger partial charge is 0.454 e. The standard InChI is InChI=1S/C23H19F2N3O3.2H2/c1-3-21(29)27-14-5-7-19(31-20-6-4-13(24)10-18(20)25)16(11-14)17-12-28(2)23(30)22-15(17)8-9-26-22;;/h4-12,26H,3H2,1-2H3,(H,27,29);2*1H. The molecular weight excluding hydrogens is 404 g/mol. The first kappa shape index (κ1) is 20.3. The highest BCUT2D eigenvalue weighted by molar-refractivity contribution is 5.98. The molecule has 2 heterocycles. The van der Waals surface area contributed by atoms with Crippen LogP contribution in [0.2, 0.25) is 0 Å². The summed E-state index contributed by atoms with van der Waals surface area (Å²) in [5.74, 6) is -1.60. The van der Waals surface area contributed by atoms with E-state index >= 15 is 0 Å². The van der Waals surface area contributed by atoms with Crippen LogP contribution in [0.3, 0.4) is 0 Å². The van der Waals surface area contributed by atoms with Crippen molar-refractivity contribution in [2.45, 2.75) is 13.3 Å². The fourth-order valence-electron chi connectivity index (χ4n) is 3.32. The van der Waals surface area contributed by atoms with Crippen molar-refractivity contribution in [2.24, 2.45) is 7.05 Å². The van der Waals surface area contributed by atoms with Crippen LogP contribution in [0.1, 0.15) is 16.2 Å². The summed E-state index contributed by atoms with van der Waals surface area (Å²) in [6.45, 7) is 1.74. The number of halogens is 2. The normalized spacial score (nSPS) is 11.0. The Balaban J connectivity index is 0.00000193. The molecule has 0 radical (unpaired) electrons. The molecule has 8 heteroatoms. The van der Waals surface area contributed by atoms with Crippen LogP contribution in [0, 0.1) is 11.6 Å². The molecule has 0 fully saturated rings. The minimum Gasteiger partial charge on any atom is -0.454 e. The molecule has 0 aliphatic carbocycles. The number of nitrogens with zero attached hydrogens (tertiary/aromatic N) is 1. The highest BCUT2D eigenvalue weighted by atomic mass is 19.1. The minimum absolute atomic E-state index is 0. The minimum atomic E-state index is -0.846. The number of hydrogen-bond acceptors (Lipinski definition) is 3. The van der Waals surface area contributed by atoms with E-state index in [-0.39, 0.29) is 25.8 Å². The lowest BCUT2D eigenvalue weighted by Gasteiger charge is -2.16. The molecule has 0 aliphatic heterocycles. The van der Waals surface area contributed by atoms with E-state index < -0.39 is 11.6 Å². The molecule has 0 spiro atoms. The van der Waals surface area contributed by atoms with Crippen molar-refractivity contribution in [1.82, 2.24) is 9.55 Å². The lowest BCUT2D eigenvalue weighted by atomic mass is 10.0. The molecule has 4 aromatic rings. The number of H-pyrrole nitrogens is 1. The maximum atomic E-state index is 14.2. The van der Waals surface area contributed by atoms with Crippen LogP contribution in [0.5, 0.6) is 11.5 Å². The lowest BCUT2D eigenvalue weighted by molar-refractivity contribution is -0.115. The summed E-state index contributed by atoms with van der Waals surface area (Å²) >= 11 is 0. The number of carbonyl (C=O) groups is 1. The predicted molar refractivity (Wildman–Crippen MR) is 119 cm³/mol. The highest BCUT2D eigenvalue weighted by Gasteiger charge is 2.17. The van der Waals surface area contributed by atoms with Crippen molar-refractivity contribution in [3.8, 4) is 22.6 Å². The molecule has 2 N–H and O–H groups in total. The van der Waals surface area contributed by atoms with Crippen molar-refractivity contribution in [3.05, 3.63) is 76.8 Å². The van der Waals surface area contributed by atoms with Gasteiger partial charge in [0.1, 0.15) is 17.1 Å². The van der Waals surface area contributed by atoms with E-state index in [4.69, 9.17) is 4.74 Å². The topological polar surface area (TPSA) is 76.1 Å². The number of ether oxygens (including phenoxy) is 1. The number of pyridine rings is 1. The van der Waals surface area contributed by atoms with Crippen molar-refractivity contribution < 1.29 is 21.2 Å².